The Kier molecular flexibility index (Phi) is 5.55. The highest BCUT2D eigenvalue weighted by molar-refractivity contribution is 6.31. The number of carbonyl (C=O) groups excluding carboxylic acids is 1. The summed E-state index contributed by atoms with van der Waals surface area (Å²) in [5, 5.41) is 12.5. The van der Waals surface area contributed by atoms with Crippen LogP contribution in [0.2, 0.25) is 10.0 Å². The lowest BCUT2D eigenvalue weighted by molar-refractivity contribution is -0.145. The maximum atomic E-state index is 14.4. The first-order valence-corrected chi connectivity index (χ1v) is 9.98. The maximum absolute atomic E-state index is 14.4. The number of halogens is 3. The predicted molar refractivity (Wildman–Crippen MR) is 114 cm³/mol. The van der Waals surface area contributed by atoms with Gasteiger partial charge in [-0.1, -0.05) is 59.6 Å². The molecule has 0 aromatic heterocycles. The Bertz CT molecular complexity index is 1110. The molecule has 0 saturated heterocycles. The van der Waals surface area contributed by atoms with Crippen LogP contribution in [0.4, 0.5) is 10.1 Å². The van der Waals surface area contributed by atoms with Crippen molar-refractivity contribution in [1.82, 2.24) is 0 Å². The SMILES string of the molecule is COC1C(=O)N(Cc2ccc(Cl)cc2F)c2ccc(Cl)cc2C1(O)c1ccccc1. The zero-order valence-electron chi connectivity index (χ0n) is 16.0. The highest BCUT2D eigenvalue weighted by Gasteiger charge is 2.52. The summed E-state index contributed by atoms with van der Waals surface area (Å²) < 4.78 is 19.9. The number of hydrogen-bond donors (Lipinski definition) is 1. The van der Waals surface area contributed by atoms with E-state index in [2.05, 4.69) is 0 Å². The van der Waals surface area contributed by atoms with E-state index in [0.717, 1.165) is 0 Å². The average molecular weight is 446 g/mol. The third-order valence-corrected chi connectivity index (χ3v) is 5.79. The Balaban J connectivity index is 1.90. The fraction of sp³-hybridized carbons (Fsp3) is 0.174. The number of nitrogens with zero attached hydrogens (tertiary/aromatic N) is 1. The Morgan fingerprint density at radius 3 is 2.40 bits per heavy atom. The molecule has 30 heavy (non-hydrogen) atoms. The summed E-state index contributed by atoms with van der Waals surface area (Å²) in [6.07, 6.45) is -1.25. The number of amides is 1. The highest BCUT2D eigenvalue weighted by Crippen LogP contribution is 2.46. The van der Waals surface area contributed by atoms with Crippen LogP contribution in [0, 0.1) is 5.82 Å². The Hall–Kier alpha value is -2.44. The van der Waals surface area contributed by atoms with Crippen molar-refractivity contribution in [2.75, 3.05) is 12.0 Å². The molecule has 4 nitrogen and oxygen atoms in total. The van der Waals surface area contributed by atoms with Crippen LogP contribution in [-0.4, -0.2) is 24.2 Å². The molecule has 0 aliphatic carbocycles. The molecule has 7 heteroatoms. The summed E-state index contributed by atoms with van der Waals surface area (Å²) in [5.74, 6) is -1.02. The normalized spacial score (nSPS) is 20.9. The molecule has 154 valence electrons. The Labute approximate surface area is 183 Å². The Morgan fingerprint density at radius 1 is 1.07 bits per heavy atom. The van der Waals surface area contributed by atoms with Crippen molar-refractivity contribution in [3.05, 3.63) is 99.3 Å². The molecule has 1 amide bonds. The standard InChI is InChI=1S/C23H18Cl2FNO3/c1-30-21-22(28)27(13-14-7-8-17(25)12-19(14)26)20-10-9-16(24)11-18(20)23(21,29)15-5-3-2-4-6-15/h2-12,21,29H,13H2,1H3. The van der Waals surface area contributed by atoms with Crippen molar-refractivity contribution in [2.45, 2.75) is 18.2 Å². The molecule has 0 spiro atoms. The van der Waals surface area contributed by atoms with Crippen molar-refractivity contribution in [2.24, 2.45) is 0 Å². The zero-order valence-corrected chi connectivity index (χ0v) is 17.5. The van der Waals surface area contributed by atoms with Crippen LogP contribution < -0.4 is 4.90 Å². The van der Waals surface area contributed by atoms with E-state index in [9.17, 15) is 14.3 Å². The molecule has 3 aromatic rings. The summed E-state index contributed by atoms with van der Waals surface area (Å²) in [7, 11) is 1.35. The minimum atomic E-state index is -1.76. The first-order valence-electron chi connectivity index (χ1n) is 9.22. The van der Waals surface area contributed by atoms with Crippen molar-refractivity contribution in [3.8, 4) is 0 Å². The smallest absolute Gasteiger partial charge is 0.260 e. The van der Waals surface area contributed by atoms with Crippen LogP contribution in [0.1, 0.15) is 16.7 Å². The monoisotopic (exact) mass is 445 g/mol. The Morgan fingerprint density at radius 2 is 1.73 bits per heavy atom. The van der Waals surface area contributed by atoms with Crippen molar-refractivity contribution >= 4 is 34.8 Å². The van der Waals surface area contributed by atoms with Gasteiger partial charge in [0.25, 0.3) is 5.91 Å². The average Bonchev–Trinajstić information content (AvgIpc) is 2.73. The van der Waals surface area contributed by atoms with E-state index in [4.69, 9.17) is 27.9 Å². The number of hydrogen-bond acceptors (Lipinski definition) is 3. The molecule has 0 bridgehead atoms. The molecule has 1 heterocycles. The molecule has 0 fully saturated rings. The number of methoxy groups -OCH3 is 1. The molecule has 2 atom stereocenters. The maximum Gasteiger partial charge on any atom is 0.260 e. The van der Waals surface area contributed by atoms with Gasteiger partial charge in [0.1, 0.15) is 5.82 Å². The van der Waals surface area contributed by atoms with Gasteiger partial charge in [0, 0.05) is 28.3 Å². The molecule has 0 radical (unpaired) electrons. The number of fused-ring (bicyclic) bond motifs is 1. The van der Waals surface area contributed by atoms with Crippen LogP contribution >= 0.6 is 23.2 Å². The molecule has 1 aliphatic heterocycles. The van der Waals surface area contributed by atoms with Gasteiger partial charge in [0.15, 0.2) is 11.7 Å². The van der Waals surface area contributed by atoms with Crippen LogP contribution in [0.15, 0.2) is 66.7 Å². The van der Waals surface area contributed by atoms with Gasteiger partial charge in [0.05, 0.1) is 12.2 Å². The molecule has 1 N–H and O–H groups in total. The van der Waals surface area contributed by atoms with Gasteiger partial charge in [-0.15, -0.1) is 0 Å². The lowest BCUT2D eigenvalue weighted by Crippen LogP contribution is -2.57. The number of aliphatic hydroxyl groups is 1. The molecule has 4 rings (SSSR count). The van der Waals surface area contributed by atoms with Crippen molar-refractivity contribution in [1.29, 1.82) is 0 Å². The molecular formula is C23H18Cl2FNO3. The second-order valence-corrected chi connectivity index (χ2v) is 7.94. The van der Waals surface area contributed by atoms with Crippen LogP contribution in [0.25, 0.3) is 0 Å². The lowest BCUT2D eigenvalue weighted by atomic mass is 9.77. The first-order chi connectivity index (χ1) is 14.4. The van der Waals surface area contributed by atoms with Gasteiger partial charge in [0.2, 0.25) is 0 Å². The van der Waals surface area contributed by atoms with E-state index in [1.54, 1.807) is 48.5 Å². The van der Waals surface area contributed by atoms with Crippen LogP contribution in [0.5, 0.6) is 0 Å². The van der Waals surface area contributed by atoms with E-state index in [1.165, 1.54) is 24.1 Å². The largest absolute Gasteiger partial charge is 0.377 e. The number of carbonyl (C=O) groups is 1. The number of rotatable bonds is 4. The van der Waals surface area contributed by atoms with E-state index < -0.39 is 23.4 Å². The third kappa shape index (κ3) is 3.38. The molecule has 3 aromatic carbocycles. The van der Waals surface area contributed by atoms with Gasteiger partial charge in [-0.3, -0.25) is 4.79 Å². The van der Waals surface area contributed by atoms with E-state index in [0.29, 0.717) is 21.8 Å². The van der Waals surface area contributed by atoms with Gasteiger partial charge in [-0.05, 0) is 35.9 Å². The third-order valence-electron chi connectivity index (χ3n) is 5.32. The second-order valence-electron chi connectivity index (χ2n) is 7.07. The summed E-state index contributed by atoms with van der Waals surface area (Å²) in [6.45, 7) is -0.0544. The fourth-order valence-corrected chi connectivity index (χ4v) is 4.21. The number of ether oxygens (including phenoxy) is 1. The summed E-state index contributed by atoms with van der Waals surface area (Å²) in [4.78, 5) is 14.8. The van der Waals surface area contributed by atoms with E-state index in [1.807, 2.05) is 6.07 Å². The van der Waals surface area contributed by atoms with Crippen LogP contribution in [0.3, 0.4) is 0 Å². The second kappa shape index (κ2) is 8.00. The molecule has 1 aliphatic rings. The van der Waals surface area contributed by atoms with Gasteiger partial charge >= 0.3 is 0 Å². The molecular weight excluding hydrogens is 428 g/mol. The van der Waals surface area contributed by atoms with Gasteiger partial charge < -0.3 is 14.7 Å². The van der Waals surface area contributed by atoms with Crippen LogP contribution in [-0.2, 0) is 21.7 Å². The fourth-order valence-electron chi connectivity index (χ4n) is 3.88. The highest BCUT2D eigenvalue weighted by atomic mass is 35.5. The van der Waals surface area contributed by atoms with E-state index in [-0.39, 0.29) is 17.1 Å². The summed E-state index contributed by atoms with van der Waals surface area (Å²) in [5.41, 5.74) is -0.150. The summed E-state index contributed by atoms with van der Waals surface area (Å²) >= 11 is 12.1. The summed E-state index contributed by atoms with van der Waals surface area (Å²) in [6, 6.07) is 17.9. The number of anilines is 1. The molecule has 0 saturated carbocycles. The van der Waals surface area contributed by atoms with Gasteiger partial charge in [-0.25, -0.2) is 4.39 Å². The minimum absolute atomic E-state index is 0.0544. The topological polar surface area (TPSA) is 49.8 Å². The molecule has 2 unspecified atom stereocenters. The zero-order chi connectivity index (χ0) is 21.5. The number of benzene rings is 3. The lowest BCUT2D eigenvalue weighted by Gasteiger charge is -2.44. The van der Waals surface area contributed by atoms with Gasteiger partial charge in [-0.2, -0.15) is 0 Å². The van der Waals surface area contributed by atoms with Crippen molar-refractivity contribution in [3.63, 3.8) is 0 Å². The quantitative estimate of drug-likeness (QED) is 0.619. The van der Waals surface area contributed by atoms with Crippen molar-refractivity contribution < 1.29 is 19.0 Å². The predicted octanol–water partition coefficient (Wildman–Crippen LogP) is 4.93. The first kappa shape index (κ1) is 20.8. The van der Waals surface area contributed by atoms with E-state index >= 15 is 0 Å². The minimum Gasteiger partial charge on any atom is -0.377 e.